The Labute approximate surface area is 72.5 Å². The molecule has 3 nitrogen and oxygen atoms in total. The van der Waals surface area contributed by atoms with Crippen molar-refractivity contribution in [1.82, 2.24) is 5.32 Å². The summed E-state index contributed by atoms with van der Waals surface area (Å²) in [5, 5.41) is 2.80. The average Bonchev–Trinajstić information content (AvgIpc) is 1.98. The Kier molecular flexibility index (Phi) is 2.84. The zero-order valence-corrected chi connectivity index (χ0v) is 7.59. The van der Waals surface area contributed by atoms with Crippen LogP contribution in [0.1, 0.15) is 33.1 Å². The predicted molar refractivity (Wildman–Crippen MR) is 45.6 cm³/mol. The second-order valence-electron chi connectivity index (χ2n) is 3.45. The Morgan fingerprint density at radius 2 is 2.25 bits per heavy atom. The number of ketones is 1. The van der Waals surface area contributed by atoms with Gasteiger partial charge in [0.05, 0.1) is 0 Å². The van der Waals surface area contributed by atoms with Crippen molar-refractivity contribution in [2.45, 2.75) is 39.2 Å². The molecule has 0 aliphatic heterocycles. The number of hydrogen-bond donors (Lipinski definition) is 1. The van der Waals surface area contributed by atoms with Crippen molar-refractivity contribution in [1.29, 1.82) is 0 Å². The van der Waals surface area contributed by atoms with Gasteiger partial charge in [-0.1, -0.05) is 6.92 Å². The minimum Gasteiger partial charge on any atom is -0.353 e. The van der Waals surface area contributed by atoms with Crippen molar-refractivity contribution in [2.75, 3.05) is 0 Å². The molecule has 1 rings (SSSR count). The monoisotopic (exact) mass is 169 g/mol. The lowest BCUT2D eigenvalue weighted by molar-refractivity contribution is -0.126. The fraction of sp³-hybridized carbons (Fsp3) is 0.778. The molecule has 0 saturated heterocycles. The number of hydrogen-bond acceptors (Lipinski definition) is 2. The summed E-state index contributed by atoms with van der Waals surface area (Å²) in [4.78, 5) is 22.0. The van der Waals surface area contributed by atoms with Crippen LogP contribution in [0.4, 0.5) is 0 Å². The summed E-state index contributed by atoms with van der Waals surface area (Å²) in [5.41, 5.74) is 0. The highest BCUT2D eigenvalue weighted by Gasteiger charge is 2.28. The SMILES string of the molecule is CC(=O)NC1CCCC(=O)C1C. The summed E-state index contributed by atoms with van der Waals surface area (Å²) < 4.78 is 0. The van der Waals surface area contributed by atoms with Crippen LogP contribution < -0.4 is 5.32 Å². The van der Waals surface area contributed by atoms with E-state index in [1.165, 1.54) is 6.92 Å². The Morgan fingerprint density at radius 1 is 1.58 bits per heavy atom. The molecule has 1 amide bonds. The summed E-state index contributed by atoms with van der Waals surface area (Å²) in [6, 6.07) is 0.0729. The minimum atomic E-state index is -0.0402. The molecule has 68 valence electrons. The fourth-order valence-corrected chi connectivity index (χ4v) is 1.66. The van der Waals surface area contributed by atoms with Crippen LogP contribution in [0.3, 0.4) is 0 Å². The van der Waals surface area contributed by atoms with E-state index in [2.05, 4.69) is 5.32 Å². The highest BCUT2D eigenvalue weighted by Crippen LogP contribution is 2.20. The highest BCUT2D eigenvalue weighted by atomic mass is 16.1. The largest absolute Gasteiger partial charge is 0.353 e. The predicted octanol–water partition coefficient (Wildman–Crippen LogP) is 0.880. The van der Waals surface area contributed by atoms with Crippen LogP contribution in [0.15, 0.2) is 0 Å². The fourth-order valence-electron chi connectivity index (χ4n) is 1.66. The Balaban J connectivity index is 2.52. The molecule has 0 spiro atoms. The zero-order valence-electron chi connectivity index (χ0n) is 7.59. The topological polar surface area (TPSA) is 46.2 Å². The number of nitrogens with one attached hydrogen (secondary N) is 1. The van der Waals surface area contributed by atoms with Gasteiger partial charge < -0.3 is 5.32 Å². The maximum Gasteiger partial charge on any atom is 0.217 e. The van der Waals surface area contributed by atoms with E-state index in [0.29, 0.717) is 6.42 Å². The lowest BCUT2D eigenvalue weighted by atomic mass is 9.85. The first-order valence-corrected chi connectivity index (χ1v) is 4.41. The maximum atomic E-state index is 11.2. The number of carbonyl (C=O) groups is 2. The molecule has 0 aromatic rings. The molecule has 0 aromatic heterocycles. The van der Waals surface area contributed by atoms with Gasteiger partial charge >= 0.3 is 0 Å². The van der Waals surface area contributed by atoms with Crippen molar-refractivity contribution >= 4 is 11.7 Å². The molecular weight excluding hydrogens is 154 g/mol. The van der Waals surface area contributed by atoms with Gasteiger partial charge in [0.2, 0.25) is 5.91 Å². The molecule has 12 heavy (non-hydrogen) atoms. The number of Topliss-reactive ketones (excluding diaryl/α,β-unsaturated/α-hetero) is 1. The van der Waals surface area contributed by atoms with Gasteiger partial charge in [-0.05, 0) is 12.8 Å². The van der Waals surface area contributed by atoms with Gasteiger partial charge in [0, 0.05) is 25.3 Å². The third kappa shape index (κ3) is 2.06. The minimum absolute atomic E-state index is 0.00245. The van der Waals surface area contributed by atoms with Gasteiger partial charge in [0.1, 0.15) is 5.78 Å². The molecule has 1 aliphatic rings. The number of amides is 1. The number of carbonyl (C=O) groups excluding carboxylic acids is 2. The van der Waals surface area contributed by atoms with Crippen molar-refractivity contribution in [3.05, 3.63) is 0 Å². The van der Waals surface area contributed by atoms with Gasteiger partial charge in [0.15, 0.2) is 0 Å². The molecule has 1 aliphatic carbocycles. The van der Waals surface area contributed by atoms with Gasteiger partial charge in [-0.3, -0.25) is 9.59 Å². The van der Waals surface area contributed by atoms with Crippen LogP contribution in [0, 0.1) is 5.92 Å². The number of rotatable bonds is 1. The van der Waals surface area contributed by atoms with Crippen LogP contribution in [-0.4, -0.2) is 17.7 Å². The van der Waals surface area contributed by atoms with E-state index in [0.717, 1.165) is 12.8 Å². The van der Waals surface area contributed by atoms with E-state index >= 15 is 0 Å². The lowest BCUT2D eigenvalue weighted by Gasteiger charge is -2.27. The molecule has 0 bridgehead atoms. The van der Waals surface area contributed by atoms with Gasteiger partial charge in [-0.2, -0.15) is 0 Å². The third-order valence-corrected chi connectivity index (χ3v) is 2.44. The van der Waals surface area contributed by atoms with Crippen LogP contribution in [0.25, 0.3) is 0 Å². The van der Waals surface area contributed by atoms with Crippen LogP contribution in [0.2, 0.25) is 0 Å². The first-order chi connectivity index (χ1) is 5.61. The first kappa shape index (κ1) is 9.23. The Hall–Kier alpha value is -0.860. The second kappa shape index (κ2) is 3.70. The molecule has 3 heteroatoms. The smallest absolute Gasteiger partial charge is 0.217 e. The summed E-state index contributed by atoms with van der Waals surface area (Å²) in [5.74, 6) is 0.240. The van der Waals surface area contributed by atoms with Crippen molar-refractivity contribution in [3.8, 4) is 0 Å². The molecular formula is C9H15NO2. The van der Waals surface area contributed by atoms with Crippen molar-refractivity contribution in [3.63, 3.8) is 0 Å². The standard InChI is InChI=1S/C9H15NO2/c1-6-8(10-7(2)11)4-3-5-9(6)12/h6,8H,3-5H2,1-2H3,(H,10,11). The van der Waals surface area contributed by atoms with Crippen LogP contribution in [-0.2, 0) is 9.59 Å². The molecule has 0 radical (unpaired) electrons. The molecule has 2 atom stereocenters. The second-order valence-corrected chi connectivity index (χ2v) is 3.45. The van der Waals surface area contributed by atoms with Gasteiger partial charge in [0.25, 0.3) is 0 Å². The van der Waals surface area contributed by atoms with Crippen molar-refractivity contribution in [2.24, 2.45) is 5.92 Å². The molecule has 0 aromatic carbocycles. The van der Waals surface area contributed by atoms with Crippen LogP contribution >= 0.6 is 0 Å². The zero-order chi connectivity index (χ0) is 9.14. The van der Waals surface area contributed by atoms with E-state index in [4.69, 9.17) is 0 Å². The highest BCUT2D eigenvalue weighted by molar-refractivity contribution is 5.83. The Morgan fingerprint density at radius 3 is 2.83 bits per heavy atom. The summed E-state index contributed by atoms with van der Waals surface area (Å²) in [6.45, 7) is 3.38. The molecule has 1 fully saturated rings. The van der Waals surface area contributed by atoms with E-state index in [1.807, 2.05) is 6.92 Å². The normalized spacial score (nSPS) is 30.0. The maximum absolute atomic E-state index is 11.2. The molecule has 1 N–H and O–H groups in total. The van der Waals surface area contributed by atoms with Crippen LogP contribution in [0.5, 0.6) is 0 Å². The molecule has 0 heterocycles. The van der Waals surface area contributed by atoms with Gasteiger partial charge in [-0.25, -0.2) is 0 Å². The first-order valence-electron chi connectivity index (χ1n) is 4.41. The molecule has 2 unspecified atom stereocenters. The summed E-state index contributed by atoms with van der Waals surface area (Å²) >= 11 is 0. The van der Waals surface area contributed by atoms with Gasteiger partial charge in [-0.15, -0.1) is 0 Å². The summed E-state index contributed by atoms with van der Waals surface area (Å²) in [6.07, 6.45) is 2.53. The average molecular weight is 169 g/mol. The van der Waals surface area contributed by atoms with E-state index in [1.54, 1.807) is 0 Å². The third-order valence-electron chi connectivity index (χ3n) is 2.44. The van der Waals surface area contributed by atoms with Crippen molar-refractivity contribution < 1.29 is 9.59 Å². The Bertz CT molecular complexity index is 201. The van der Waals surface area contributed by atoms with E-state index in [-0.39, 0.29) is 23.7 Å². The quantitative estimate of drug-likeness (QED) is 0.633. The van der Waals surface area contributed by atoms with E-state index < -0.39 is 0 Å². The van der Waals surface area contributed by atoms with E-state index in [9.17, 15) is 9.59 Å². The lowest BCUT2D eigenvalue weighted by Crippen LogP contribution is -2.43. The molecule has 1 saturated carbocycles. The summed E-state index contributed by atoms with van der Waals surface area (Å²) in [7, 11) is 0.